The van der Waals surface area contributed by atoms with Crippen LogP contribution in [0.15, 0.2) is 53.6 Å². The number of ether oxygens (including phenoxy) is 1. The van der Waals surface area contributed by atoms with E-state index in [0.29, 0.717) is 41.6 Å². The predicted octanol–water partition coefficient (Wildman–Crippen LogP) is 2.20. The number of methoxy groups -OCH3 is 1. The maximum Gasteiger partial charge on any atom is 0.315 e. The van der Waals surface area contributed by atoms with Crippen LogP contribution in [-0.2, 0) is 16.1 Å². The number of aliphatic carboxylic acids is 1. The highest BCUT2D eigenvalue weighted by Crippen LogP contribution is 2.30. The molecule has 3 N–H and O–H groups in total. The van der Waals surface area contributed by atoms with Crippen molar-refractivity contribution >= 4 is 24.2 Å². The number of carbonyl (C=O) groups excluding carboxylic acids is 3. The number of hydrogen-bond donors (Lipinski definition) is 3. The first-order valence-corrected chi connectivity index (χ1v) is 10.5. The third-order valence-corrected chi connectivity index (χ3v) is 5.69. The van der Waals surface area contributed by atoms with E-state index < -0.39 is 17.5 Å². The number of hydrogen-bond acceptors (Lipinski definition) is 5. The van der Waals surface area contributed by atoms with Crippen molar-refractivity contribution < 1.29 is 29.0 Å². The molecule has 9 heteroatoms. The molecule has 0 saturated carbocycles. The summed E-state index contributed by atoms with van der Waals surface area (Å²) in [5.74, 6) is -0.675. The largest absolute Gasteiger partial charge is 0.497 e. The monoisotopic (exact) mass is 453 g/mol. The summed E-state index contributed by atoms with van der Waals surface area (Å²) in [6.07, 6.45) is 8.52. The molecule has 1 atom stereocenters. The Kier molecular flexibility index (Phi) is 7.32. The SMILES string of the molecule is CNC(=O)NC(C=O)(CN1Cc2ccc(OC)cc2C1=O)C1=C/CCC=C(CC(=O)O)/C=C\1. The van der Waals surface area contributed by atoms with Crippen molar-refractivity contribution in [3.05, 3.63) is 64.8 Å². The van der Waals surface area contributed by atoms with Crippen LogP contribution in [0.2, 0.25) is 0 Å². The van der Waals surface area contributed by atoms with Crippen molar-refractivity contribution in [2.75, 3.05) is 20.7 Å². The van der Waals surface area contributed by atoms with E-state index in [4.69, 9.17) is 9.84 Å². The zero-order valence-corrected chi connectivity index (χ0v) is 18.6. The molecule has 0 saturated heterocycles. The van der Waals surface area contributed by atoms with Crippen LogP contribution in [-0.4, -0.2) is 60.4 Å². The van der Waals surface area contributed by atoms with Gasteiger partial charge in [-0.05, 0) is 41.7 Å². The molecule has 1 aliphatic heterocycles. The second-order valence-corrected chi connectivity index (χ2v) is 7.90. The number of carbonyl (C=O) groups is 4. The molecule has 3 amide bonds. The fraction of sp³-hybridized carbons (Fsp3) is 0.333. The molecule has 0 radical (unpaired) electrons. The summed E-state index contributed by atoms with van der Waals surface area (Å²) in [5.41, 5.74) is 0.852. The first-order valence-electron chi connectivity index (χ1n) is 10.5. The molecule has 1 aromatic rings. The Morgan fingerprint density at radius 2 is 2.00 bits per heavy atom. The minimum atomic E-state index is -1.52. The van der Waals surface area contributed by atoms with Gasteiger partial charge in [0.15, 0.2) is 6.29 Å². The lowest BCUT2D eigenvalue weighted by molar-refractivity contribution is -0.136. The van der Waals surface area contributed by atoms with Gasteiger partial charge in [0, 0.05) is 19.2 Å². The molecule has 0 bridgehead atoms. The van der Waals surface area contributed by atoms with Crippen LogP contribution in [0.25, 0.3) is 0 Å². The van der Waals surface area contributed by atoms with Crippen molar-refractivity contribution in [3.63, 3.8) is 0 Å². The van der Waals surface area contributed by atoms with Crippen molar-refractivity contribution in [3.8, 4) is 5.75 Å². The molecule has 1 unspecified atom stereocenters. The van der Waals surface area contributed by atoms with Gasteiger partial charge in [0.25, 0.3) is 5.91 Å². The van der Waals surface area contributed by atoms with Crippen LogP contribution in [0, 0.1) is 0 Å². The number of benzene rings is 1. The molecule has 2 aliphatic rings. The van der Waals surface area contributed by atoms with Gasteiger partial charge in [-0.2, -0.15) is 0 Å². The number of amides is 3. The Labute approximate surface area is 191 Å². The van der Waals surface area contributed by atoms with E-state index in [1.807, 2.05) is 12.2 Å². The minimum absolute atomic E-state index is 0.0894. The average molecular weight is 453 g/mol. The maximum absolute atomic E-state index is 13.1. The maximum atomic E-state index is 13.1. The molecule has 0 spiro atoms. The molecule has 3 rings (SSSR count). The number of carboxylic acids is 1. The summed E-state index contributed by atoms with van der Waals surface area (Å²) >= 11 is 0. The highest BCUT2D eigenvalue weighted by molar-refractivity contribution is 5.99. The van der Waals surface area contributed by atoms with Crippen molar-refractivity contribution in [2.45, 2.75) is 31.3 Å². The second kappa shape index (κ2) is 10.2. The standard InChI is InChI=1S/C24H27N3O6/c1-25-23(32)26-24(15-28,18-6-4-3-5-16(7-9-18)11-21(29)30)14-27-13-17-8-10-19(33-2)12-20(17)22(27)31/h5-10,12,15H,3-4,11,13-14H2,1-2H3,(H,29,30)(H2,25,26,32)/b9-7-,16-5?,18-6+. The zero-order valence-electron chi connectivity index (χ0n) is 18.6. The Bertz CT molecular complexity index is 1060. The van der Waals surface area contributed by atoms with Gasteiger partial charge in [0.05, 0.1) is 20.1 Å². The smallest absolute Gasteiger partial charge is 0.315 e. The Balaban J connectivity index is 1.95. The number of urea groups is 1. The third-order valence-electron chi connectivity index (χ3n) is 5.69. The highest BCUT2D eigenvalue weighted by atomic mass is 16.5. The number of allylic oxidation sites excluding steroid dienone is 3. The van der Waals surface area contributed by atoms with E-state index in [1.54, 1.807) is 30.4 Å². The number of rotatable bonds is 8. The molecular formula is C24H27N3O6. The van der Waals surface area contributed by atoms with Crippen LogP contribution in [0.3, 0.4) is 0 Å². The second-order valence-electron chi connectivity index (χ2n) is 7.90. The first-order chi connectivity index (χ1) is 15.8. The van der Waals surface area contributed by atoms with Crippen molar-refractivity contribution in [2.24, 2.45) is 0 Å². The molecule has 0 aromatic heterocycles. The van der Waals surface area contributed by atoms with Gasteiger partial charge < -0.3 is 30.2 Å². The topological polar surface area (TPSA) is 125 Å². The lowest BCUT2D eigenvalue weighted by Gasteiger charge is -2.34. The van der Waals surface area contributed by atoms with Gasteiger partial charge in [0.2, 0.25) is 0 Å². The summed E-state index contributed by atoms with van der Waals surface area (Å²) in [6.45, 7) is 0.193. The molecule has 1 aliphatic carbocycles. The van der Waals surface area contributed by atoms with Gasteiger partial charge in [-0.25, -0.2) is 4.79 Å². The van der Waals surface area contributed by atoms with E-state index in [2.05, 4.69) is 10.6 Å². The highest BCUT2D eigenvalue weighted by Gasteiger charge is 2.40. The molecule has 174 valence electrons. The Morgan fingerprint density at radius 3 is 2.67 bits per heavy atom. The fourth-order valence-corrected chi connectivity index (χ4v) is 3.98. The number of fused-ring (bicyclic) bond motifs is 1. The first kappa shape index (κ1) is 23.8. The van der Waals surface area contributed by atoms with Gasteiger partial charge in [0.1, 0.15) is 11.3 Å². The van der Waals surface area contributed by atoms with E-state index in [-0.39, 0.29) is 25.4 Å². The number of nitrogens with one attached hydrogen (secondary N) is 2. The fourth-order valence-electron chi connectivity index (χ4n) is 3.98. The van der Waals surface area contributed by atoms with Gasteiger partial charge in [-0.3, -0.25) is 9.59 Å². The van der Waals surface area contributed by atoms with Crippen LogP contribution >= 0.6 is 0 Å². The summed E-state index contributed by atoms with van der Waals surface area (Å²) in [4.78, 5) is 50.6. The van der Waals surface area contributed by atoms with E-state index >= 15 is 0 Å². The molecule has 0 fully saturated rings. The van der Waals surface area contributed by atoms with Crippen LogP contribution < -0.4 is 15.4 Å². The quantitative estimate of drug-likeness (QED) is 0.518. The molecule has 9 nitrogen and oxygen atoms in total. The molecular weight excluding hydrogens is 426 g/mol. The number of nitrogens with zero attached hydrogens (tertiary/aromatic N) is 1. The van der Waals surface area contributed by atoms with Crippen LogP contribution in [0.4, 0.5) is 4.79 Å². The van der Waals surface area contributed by atoms with Gasteiger partial charge in [-0.1, -0.05) is 30.4 Å². The van der Waals surface area contributed by atoms with Gasteiger partial charge >= 0.3 is 12.0 Å². The minimum Gasteiger partial charge on any atom is -0.497 e. The van der Waals surface area contributed by atoms with E-state index in [9.17, 15) is 19.2 Å². The van der Waals surface area contributed by atoms with Gasteiger partial charge in [-0.15, -0.1) is 0 Å². The Morgan fingerprint density at radius 1 is 1.24 bits per heavy atom. The van der Waals surface area contributed by atoms with Crippen LogP contribution in [0.5, 0.6) is 5.75 Å². The number of aldehydes is 1. The lowest BCUT2D eigenvalue weighted by Crippen LogP contribution is -2.59. The van der Waals surface area contributed by atoms with E-state index in [0.717, 1.165) is 5.56 Å². The van der Waals surface area contributed by atoms with Crippen molar-refractivity contribution in [1.82, 2.24) is 15.5 Å². The normalized spacial score (nSPS) is 19.6. The van der Waals surface area contributed by atoms with Crippen molar-refractivity contribution in [1.29, 1.82) is 0 Å². The molecule has 33 heavy (non-hydrogen) atoms. The third kappa shape index (κ3) is 5.31. The predicted molar refractivity (Wildman–Crippen MR) is 121 cm³/mol. The lowest BCUT2D eigenvalue weighted by atomic mass is 9.87. The molecule has 1 aromatic carbocycles. The summed E-state index contributed by atoms with van der Waals surface area (Å²) in [6, 6.07) is 4.65. The summed E-state index contributed by atoms with van der Waals surface area (Å²) in [5, 5.41) is 14.3. The van der Waals surface area contributed by atoms with E-state index in [1.165, 1.54) is 19.1 Å². The Hall–Kier alpha value is -3.88. The van der Waals surface area contributed by atoms with Crippen LogP contribution in [0.1, 0.15) is 35.2 Å². The average Bonchev–Trinajstić information content (AvgIpc) is 3.09. The zero-order chi connectivity index (χ0) is 24.0. The molecule has 1 heterocycles. The summed E-state index contributed by atoms with van der Waals surface area (Å²) in [7, 11) is 2.95. The summed E-state index contributed by atoms with van der Waals surface area (Å²) < 4.78 is 5.21. The number of carboxylic acid groups (broad SMARTS) is 1.